The topological polar surface area (TPSA) is 95.1 Å². The second kappa shape index (κ2) is 5.42. The highest BCUT2D eigenvalue weighted by Crippen LogP contribution is 2.10. The zero-order valence-corrected chi connectivity index (χ0v) is 10.2. The van der Waals surface area contributed by atoms with E-state index in [-0.39, 0.29) is 23.6 Å². The van der Waals surface area contributed by atoms with E-state index in [1.807, 2.05) is 13.8 Å². The molecular weight excluding hydrogens is 230 g/mol. The van der Waals surface area contributed by atoms with E-state index < -0.39 is 10.0 Å². The lowest BCUT2D eigenvalue weighted by Crippen LogP contribution is -2.39. The van der Waals surface area contributed by atoms with E-state index in [1.54, 1.807) is 0 Å². The van der Waals surface area contributed by atoms with E-state index in [4.69, 9.17) is 5.11 Å². The van der Waals surface area contributed by atoms with Crippen LogP contribution in [0.4, 0.5) is 0 Å². The maximum absolute atomic E-state index is 11.8. The maximum Gasteiger partial charge on any atom is 0.257 e. The van der Waals surface area contributed by atoms with Crippen LogP contribution in [-0.4, -0.2) is 36.1 Å². The van der Waals surface area contributed by atoms with Crippen LogP contribution in [0.5, 0.6) is 0 Å². The predicted molar refractivity (Wildman–Crippen MR) is 59.2 cm³/mol. The number of nitrogens with zero attached hydrogens (tertiary/aromatic N) is 1. The van der Waals surface area contributed by atoms with Gasteiger partial charge in [0.15, 0.2) is 5.03 Å². The zero-order chi connectivity index (χ0) is 12.2. The number of hydrogen-bond acceptors (Lipinski definition) is 4. The number of imidazole rings is 1. The van der Waals surface area contributed by atoms with Gasteiger partial charge in [0.1, 0.15) is 0 Å². The number of aromatic amines is 1. The highest BCUT2D eigenvalue weighted by molar-refractivity contribution is 7.89. The Bertz CT molecular complexity index is 400. The van der Waals surface area contributed by atoms with Gasteiger partial charge in [-0.15, -0.1) is 0 Å². The first-order valence-corrected chi connectivity index (χ1v) is 6.57. The first kappa shape index (κ1) is 13.1. The molecule has 0 amide bonds. The van der Waals surface area contributed by atoms with Gasteiger partial charge in [0.25, 0.3) is 10.0 Å². The van der Waals surface area contributed by atoms with Gasteiger partial charge in [-0.1, -0.05) is 13.8 Å². The van der Waals surface area contributed by atoms with Crippen molar-refractivity contribution in [2.45, 2.75) is 31.3 Å². The standard InChI is InChI=1S/C9H17N3O3S/c1-7(2)8(3-4-13)12-16(14,15)9-5-10-6-11-9/h5-8,12-13H,3-4H2,1-2H3,(H,10,11). The third-order valence-corrected chi connectivity index (χ3v) is 3.73. The van der Waals surface area contributed by atoms with Crippen LogP contribution in [0.2, 0.25) is 0 Å². The summed E-state index contributed by atoms with van der Waals surface area (Å²) in [6.07, 6.45) is 2.95. The van der Waals surface area contributed by atoms with Gasteiger partial charge in [0, 0.05) is 12.6 Å². The molecule has 1 aromatic heterocycles. The van der Waals surface area contributed by atoms with Crippen molar-refractivity contribution in [3.63, 3.8) is 0 Å². The van der Waals surface area contributed by atoms with Crippen LogP contribution in [0, 0.1) is 5.92 Å². The van der Waals surface area contributed by atoms with Crippen molar-refractivity contribution in [3.05, 3.63) is 12.5 Å². The van der Waals surface area contributed by atoms with E-state index in [0.29, 0.717) is 6.42 Å². The molecule has 0 spiro atoms. The van der Waals surface area contributed by atoms with Crippen LogP contribution >= 0.6 is 0 Å². The third-order valence-electron chi connectivity index (χ3n) is 2.31. The first-order valence-electron chi connectivity index (χ1n) is 5.09. The van der Waals surface area contributed by atoms with Crippen LogP contribution in [0.25, 0.3) is 0 Å². The number of H-pyrrole nitrogens is 1. The summed E-state index contributed by atoms with van der Waals surface area (Å²) in [4.78, 5) is 6.20. The molecule has 0 fully saturated rings. The van der Waals surface area contributed by atoms with Gasteiger partial charge in [-0.2, -0.15) is 0 Å². The summed E-state index contributed by atoms with van der Waals surface area (Å²) in [6, 6.07) is -0.279. The Morgan fingerprint density at radius 1 is 1.56 bits per heavy atom. The Hall–Kier alpha value is -0.920. The fourth-order valence-electron chi connectivity index (χ4n) is 1.32. The monoisotopic (exact) mass is 247 g/mol. The summed E-state index contributed by atoms with van der Waals surface area (Å²) in [5.41, 5.74) is 0. The maximum atomic E-state index is 11.8. The molecular formula is C9H17N3O3S. The summed E-state index contributed by atoms with van der Waals surface area (Å²) in [6.45, 7) is 3.75. The SMILES string of the molecule is CC(C)C(CCO)NS(=O)(=O)c1cnc[nH]1. The molecule has 1 rings (SSSR count). The minimum Gasteiger partial charge on any atom is -0.396 e. The molecule has 3 N–H and O–H groups in total. The van der Waals surface area contributed by atoms with Crippen molar-refractivity contribution in [1.29, 1.82) is 0 Å². The van der Waals surface area contributed by atoms with Gasteiger partial charge in [-0.05, 0) is 12.3 Å². The van der Waals surface area contributed by atoms with Crippen LogP contribution in [0.1, 0.15) is 20.3 Å². The number of hydrogen-bond donors (Lipinski definition) is 3. The quantitative estimate of drug-likeness (QED) is 0.664. The van der Waals surface area contributed by atoms with E-state index in [9.17, 15) is 8.42 Å². The van der Waals surface area contributed by atoms with Gasteiger partial charge in [0.05, 0.1) is 12.5 Å². The van der Waals surface area contributed by atoms with Crippen LogP contribution in [0.3, 0.4) is 0 Å². The average molecular weight is 247 g/mol. The lowest BCUT2D eigenvalue weighted by atomic mass is 10.0. The fourth-order valence-corrected chi connectivity index (χ4v) is 2.64. The molecule has 1 heterocycles. The highest BCUT2D eigenvalue weighted by atomic mass is 32.2. The summed E-state index contributed by atoms with van der Waals surface area (Å²) in [5, 5.41) is 8.90. The van der Waals surface area contributed by atoms with Crippen LogP contribution in [0.15, 0.2) is 17.6 Å². The Kier molecular flexibility index (Phi) is 4.45. The lowest BCUT2D eigenvalue weighted by Gasteiger charge is -2.20. The molecule has 0 aliphatic carbocycles. The van der Waals surface area contributed by atoms with Crippen molar-refractivity contribution in [2.24, 2.45) is 5.92 Å². The van der Waals surface area contributed by atoms with Gasteiger partial charge in [-0.3, -0.25) is 0 Å². The number of aromatic nitrogens is 2. The van der Waals surface area contributed by atoms with E-state index in [0.717, 1.165) is 0 Å². The van der Waals surface area contributed by atoms with Crippen molar-refractivity contribution >= 4 is 10.0 Å². The Morgan fingerprint density at radius 2 is 2.25 bits per heavy atom. The molecule has 0 bridgehead atoms. The molecule has 1 unspecified atom stereocenters. The smallest absolute Gasteiger partial charge is 0.257 e. The van der Waals surface area contributed by atoms with Gasteiger partial charge in [-0.25, -0.2) is 18.1 Å². The number of nitrogens with one attached hydrogen (secondary N) is 2. The average Bonchev–Trinajstić information content (AvgIpc) is 2.69. The molecule has 0 saturated heterocycles. The molecule has 92 valence electrons. The minimum atomic E-state index is -3.56. The van der Waals surface area contributed by atoms with E-state index in [2.05, 4.69) is 14.7 Å². The molecule has 0 aliphatic heterocycles. The van der Waals surface area contributed by atoms with E-state index in [1.165, 1.54) is 12.5 Å². The summed E-state index contributed by atoms with van der Waals surface area (Å²) in [5.74, 6) is 0.116. The Morgan fingerprint density at radius 3 is 2.69 bits per heavy atom. The fraction of sp³-hybridized carbons (Fsp3) is 0.667. The van der Waals surface area contributed by atoms with E-state index >= 15 is 0 Å². The van der Waals surface area contributed by atoms with Crippen LogP contribution in [-0.2, 0) is 10.0 Å². The molecule has 0 saturated carbocycles. The predicted octanol–water partition coefficient (Wildman–Crippen LogP) is 0.0950. The first-order chi connectivity index (χ1) is 7.47. The molecule has 0 aromatic carbocycles. The van der Waals surface area contributed by atoms with Crippen molar-refractivity contribution in [2.75, 3.05) is 6.61 Å². The van der Waals surface area contributed by atoms with Gasteiger partial charge >= 0.3 is 0 Å². The summed E-state index contributed by atoms with van der Waals surface area (Å²) >= 11 is 0. The van der Waals surface area contributed by atoms with Crippen LogP contribution < -0.4 is 4.72 Å². The zero-order valence-electron chi connectivity index (χ0n) is 9.34. The third kappa shape index (κ3) is 3.29. The molecule has 1 atom stereocenters. The number of rotatable bonds is 6. The summed E-state index contributed by atoms with van der Waals surface area (Å²) < 4.78 is 26.2. The largest absolute Gasteiger partial charge is 0.396 e. The van der Waals surface area contributed by atoms with Gasteiger partial charge < -0.3 is 10.1 Å². The van der Waals surface area contributed by atoms with Crippen molar-refractivity contribution in [1.82, 2.24) is 14.7 Å². The molecule has 0 radical (unpaired) electrons. The van der Waals surface area contributed by atoms with Gasteiger partial charge in [0.2, 0.25) is 0 Å². The minimum absolute atomic E-state index is 0.0380. The molecule has 1 aromatic rings. The molecule has 16 heavy (non-hydrogen) atoms. The lowest BCUT2D eigenvalue weighted by molar-refractivity contribution is 0.256. The number of sulfonamides is 1. The normalized spacial score (nSPS) is 14.2. The number of aliphatic hydroxyl groups excluding tert-OH is 1. The van der Waals surface area contributed by atoms with Crippen molar-refractivity contribution in [3.8, 4) is 0 Å². The number of aliphatic hydroxyl groups is 1. The molecule has 7 heteroatoms. The highest BCUT2D eigenvalue weighted by Gasteiger charge is 2.22. The van der Waals surface area contributed by atoms with Crippen molar-refractivity contribution < 1.29 is 13.5 Å². The Labute approximate surface area is 95.2 Å². The Balaban J connectivity index is 2.78. The second-order valence-corrected chi connectivity index (χ2v) is 5.58. The summed E-state index contributed by atoms with van der Waals surface area (Å²) in [7, 11) is -3.56. The second-order valence-electron chi connectivity index (χ2n) is 3.90. The molecule has 6 nitrogen and oxygen atoms in total. The molecule has 0 aliphatic rings.